The molecule has 4 rings (SSSR count). The molecule has 3 unspecified atom stereocenters. The quantitative estimate of drug-likeness (QED) is 0.320. The Morgan fingerprint density at radius 2 is 1.85 bits per heavy atom. The van der Waals surface area contributed by atoms with Crippen LogP contribution in [0.25, 0.3) is 0 Å². The van der Waals surface area contributed by atoms with Crippen molar-refractivity contribution in [2.24, 2.45) is 11.8 Å². The van der Waals surface area contributed by atoms with Crippen molar-refractivity contribution in [3.63, 3.8) is 0 Å². The van der Waals surface area contributed by atoms with Crippen LogP contribution in [0.3, 0.4) is 0 Å². The number of allylic oxidation sites excluding steroid dienone is 1. The zero-order chi connectivity index (χ0) is 24.5. The molecule has 0 aromatic carbocycles. The molecule has 8 nitrogen and oxygen atoms in total. The fourth-order valence-electron chi connectivity index (χ4n) is 6.33. The van der Waals surface area contributed by atoms with Gasteiger partial charge >= 0.3 is 12.1 Å². The number of hydrogen-bond acceptors (Lipinski definition) is 7. The van der Waals surface area contributed by atoms with Gasteiger partial charge in [0.05, 0.1) is 25.7 Å². The van der Waals surface area contributed by atoms with E-state index < -0.39 is 29.8 Å². The summed E-state index contributed by atoms with van der Waals surface area (Å²) >= 11 is 0. The van der Waals surface area contributed by atoms with Gasteiger partial charge in [0.1, 0.15) is 29.5 Å². The average molecular weight is 480 g/mol. The molecule has 34 heavy (non-hydrogen) atoms. The molecule has 2 aliphatic heterocycles. The highest BCUT2D eigenvalue weighted by molar-refractivity contribution is 5.81. The molecular formula is C26H41NO7. The molecule has 4 fully saturated rings. The Morgan fingerprint density at radius 1 is 1.15 bits per heavy atom. The second-order valence-corrected chi connectivity index (χ2v) is 10.9. The Hall–Kier alpha value is -1.64. The zero-order valence-electron chi connectivity index (χ0n) is 21.3. The predicted molar refractivity (Wildman–Crippen MR) is 125 cm³/mol. The summed E-state index contributed by atoms with van der Waals surface area (Å²) in [6.45, 7) is 6.97. The number of ether oxygens (including phenoxy) is 5. The summed E-state index contributed by atoms with van der Waals surface area (Å²) < 4.78 is 29.0. The van der Waals surface area contributed by atoms with Gasteiger partial charge in [-0.1, -0.05) is 30.9 Å². The van der Waals surface area contributed by atoms with E-state index in [1.165, 1.54) is 12.7 Å². The first-order valence-electron chi connectivity index (χ1n) is 12.8. The van der Waals surface area contributed by atoms with E-state index in [2.05, 4.69) is 32.2 Å². The van der Waals surface area contributed by atoms with E-state index in [1.807, 2.05) is 0 Å². The van der Waals surface area contributed by atoms with E-state index >= 15 is 0 Å². The van der Waals surface area contributed by atoms with E-state index in [0.29, 0.717) is 13.0 Å². The lowest BCUT2D eigenvalue weighted by Crippen LogP contribution is -2.57. The minimum absolute atomic E-state index is 0.0399. The van der Waals surface area contributed by atoms with Crippen molar-refractivity contribution in [2.75, 3.05) is 20.8 Å². The van der Waals surface area contributed by atoms with Crippen LogP contribution in [0.2, 0.25) is 0 Å². The zero-order valence-corrected chi connectivity index (χ0v) is 21.3. The minimum atomic E-state index is -0.686. The van der Waals surface area contributed by atoms with E-state index in [-0.39, 0.29) is 29.6 Å². The molecule has 4 aliphatic rings. The molecule has 2 saturated heterocycles. The summed E-state index contributed by atoms with van der Waals surface area (Å²) in [4.78, 5) is 25.4. The fourth-order valence-corrected chi connectivity index (χ4v) is 6.33. The molecule has 0 aromatic rings. The van der Waals surface area contributed by atoms with Crippen LogP contribution in [0.5, 0.6) is 0 Å². The third-order valence-corrected chi connectivity index (χ3v) is 8.35. The summed E-state index contributed by atoms with van der Waals surface area (Å²) in [6, 6.07) is -0.686. The lowest BCUT2D eigenvalue weighted by atomic mass is 9.68. The number of carbonyl (C=O) groups excluding carboxylic acids is 2. The molecule has 7 atom stereocenters. The third kappa shape index (κ3) is 5.14. The highest BCUT2D eigenvalue weighted by atomic mass is 16.6. The molecule has 0 radical (unpaired) electrons. The van der Waals surface area contributed by atoms with E-state index in [9.17, 15) is 9.59 Å². The molecular weight excluding hydrogens is 438 g/mol. The molecule has 8 heteroatoms. The van der Waals surface area contributed by atoms with Crippen molar-refractivity contribution in [1.82, 2.24) is 5.32 Å². The number of epoxide rings is 2. The maximum absolute atomic E-state index is 13.0. The number of carbonyl (C=O) groups is 2. The lowest BCUT2D eigenvalue weighted by Gasteiger charge is -2.42. The first-order chi connectivity index (χ1) is 16.2. The highest BCUT2D eigenvalue weighted by Gasteiger charge is 2.72. The van der Waals surface area contributed by atoms with E-state index in [1.54, 1.807) is 7.11 Å². The molecule has 0 bridgehead atoms. The Kier molecular flexibility index (Phi) is 7.60. The number of nitrogens with one attached hydrogen (secondary N) is 1. The number of amides is 1. The van der Waals surface area contributed by atoms with Gasteiger partial charge in [0.15, 0.2) is 0 Å². The number of rotatable bonds is 8. The lowest BCUT2D eigenvalue weighted by molar-refractivity contribution is -0.145. The summed E-state index contributed by atoms with van der Waals surface area (Å²) in [7, 11) is 3.01. The molecule has 0 aromatic heterocycles. The van der Waals surface area contributed by atoms with Crippen molar-refractivity contribution in [2.45, 2.75) is 108 Å². The number of alkyl carbamates (subject to hydrolysis) is 1. The first kappa shape index (κ1) is 25.5. The Labute approximate surface area is 203 Å². The van der Waals surface area contributed by atoms with Gasteiger partial charge in [0, 0.05) is 7.11 Å². The van der Waals surface area contributed by atoms with Gasteiger partial charge in [0.2, 0.25) is 0 Å². The summed E-state index contributed by atoms with van der Waals surface area (Å²) in [5.41, 5.74) is 0.596. The highest BCUT2D eigenvalue weighted by Crippen LogP contribution is 2.59. The molecule has 1 N–H and O–H groups in total. The molecule has 1 amide bonds. The SMILES string of the molecule is COC(=O)[C@H](NC(=O)O[C@@H]1CCC2(CO2)[C@@H](C2(C)OC2CC=C(C)C)[C@@H]1OC)C1CCCCC1. The van der Waals surface area contributed by atoms with Crippen LogP contribution in [0.15, 0.2) is 11.6 Å². The van der Waals surface area contributed by atoms with Crippen LogP contribution in [0, 0.1) is 11.8 Å². The van der Waals surface area contributed by atoms with Gasteiger partial charge in [0.25, 0.3) is 0 Å². The van der Waals surface area contributed by atoms with Gasteiger partial charge in [-0.2, -0.15) is 0 Å². The van der Waals surface area contributed by atoms with Crippen LogP contribution in [-0.2, 0) is 28.5 Å². The second kappa shape index (κ2) is 10.2. The van der Waals surface area contributed by atoms with Crippen molar-refractivity contribution < 1.29 is 33.3 Å². The summed E-state index contributed by atoms with van der Waals surface area (Å²) in [6.07, 6.45) is 8.23. The van der Waals surface area contributed by atoms with Gasteiger partial charge in [-0.3, -0.25) is 0 Å². The fraction of sp³-hybridized carbons (Fsp3) is 0.846. The molecule has 2 aliphatic carbocycles. The maximum Gasteiger partial charge on any atom is 0.408 e. The van der Waals surface area contributed by atoms with Gasteiger partial charge in [-0.15, -0.1) is 0 Å². The van der Waals surface area contributed by atoms with Crippen molar-refractivity contribution in [3.05, 3.63) is 11.6 Å². The Morgan fingerprint density at radius 3 is 2.44 bits per heavy atom. The van der Waals surface area contributed by atoms with Crippen LogP contribution < -0.4 is 5.32 Å². The summed E-state index contributed by atoms with van der Waals surface area (Å²) in [5.74, 6) is -0.384. The standard InChI is InChI=1S/C26H41NO7/c1-16(2)11-12-19-25(3,34-19)22-21(30-4)18(13-14-26(22)15-32-26)33-24(29)27-20(23(28)31-5)17-9-7-6-8-10-17/h11,17-22H,6-10,12-15H2,1-5H3,(H,27,29)/t18-,19?,20-,21-,22-,25?,26?/m1/s1. The van der Waals surface area contributed by atoms with Crippen LogP contribution in [0.1, 0.15) is 72.1 Å². The van der Waals surface area contributed by atoms with Crippen molar-refractivity contribution in [3.8, 4) is 0 Å². The molecule has 1 spiro atoms. The first-order valence-corrected chi connectivity index (χ1v) is 12.8. The molecule has 192 valence electrons. The monoisotopic (exact) mass is 479 g/mol. The van der Waals surface area contributed by atoms with E-state index in [4.69, 9.17) is 23.7 Å². The summed E-state index contributed by atoms with van der Waals surface area (Å²) in [5, 5.41) is 2.81. The topological polar surface area (TPSA) is 98.9 Å². The third-order valence-electron chi connectivity index (χ3n) is 8.35. The number of esters is 1. The second-order valence-electron chi connectivity index (χ2n) is 10.9. The van der Waals surface area contributed by atoms with Gasteiger partial charge < -0.3 is 29.0 Å². The van der Waals surface area contributed by atoms with Crippen molar-refractivity contribution >= 4 is 12.1 Å². The number of methoxy groups -OCH3 is 2. The smallest absolute Gasteiger partial charge is 0.408 e. The van der Waals surface area contributed by atoms with Gasteiger partial charge in [-0.25, -0.2) is 9.59 Å². The Bertz CT molecular complexity index is 784. The maximum atomic E-state index is 13.0. The normalized spacial score (nSPS) is 38.0. The van der Waals surface area contributed by atoms with Crippen LogP contribution >= 0.6 is 0 Å². The van der Waals surface area contributed by atoms with Crippen LogP contribution in [0.4, 0.5) is 4.79 Å². The molecule has 2 heterocycles. The predicted octanol–water partition coefficient (Wildman–Crippen LogP) is 3.91. The Balaban J connectivity index is 1.44. The van der Waals surface area contributed by atoms with Crippen molar-refractivity contribution in [1.29, 1.82) is 0 Å². The van der Waals surface area contributed by atoms with Crippen LogP contribution in [-0.4, -0.2) is 68.4 Å². The van der Waals surface area contributed by atoms with Gasteiger partial charge in [-0.05, 0) is 58.8 Å². The molecule has 2 saturated carbocycles. The largest absolute Gasteiger partial charge is 0.467 e. The average Bonchev–Trinajstić information content (AvgIpc) is 3.74. The minimum Gasteiger partial charge on any atom is -0.467 e. The van der Waals surface area contributed by atoms with E-state index in [0.717, 1.165) is 44.9 Å². The number of hydrogen-bond donors (Lipinski definition) is 1.